The van der Waals surface area contributed by atoms with Gasteiger partial charge in [-0.05, 0) is 45.4 Å². The fourth-order valence-electron chi connectivity index (χ4n) is 3.24. The number of benzene rings is 1. The molecule has 9 heteroatoms. The number of pyridine rings is 1. The van der Waals surface area contributed by atoms with Crippen LogP contribution in [0, 0.1) is 0 Å². The first-order valence-corrected chi connectivity index (χ1v) is 8.75. The lowest BCUT2D eigenvalue weighted by Crippen LogP contribution is -2.40. The lowest BCUT2D eigenvalue weighted by atomic mass is 9.98. The summed E-state index contributed by atoms with van der Waals surface area (Å²) >= 11 is 0. The molecule has 2 aromatic rings. The van der Waals surface area contributed by atoms with Gasteiger partial charge < -0.3 is 5.11 Å². The van der Waals surface area contributed by atoms with Gasteiger partial charge in [0, 0.05) is 24.0 Å². The minimum Gasteiger partial charge on any atom is -0.387 e. The molecule has 1 N–H and O–H groups in total. The number of aliphatic hydroxyl groups is 1. The van der Waals surface area contributed by atoms with Crippen molar-refractivity contribution in [1.82, 2.24) is 9.88 Å². The monoisotopic (exact) mass is 408 g/mol. The summed E-state index contributed by atoms with van der Waals surface area (Å²) < 4.78 is 79.7. The fraction of sp³-hybridized carbons (Fsp3) is 0.526. The maximum absolute atomic E-state index is 13.3. The Balaban J connectivity index is 2.70. The van der Waals surface area contributed by atoms with E-state index in [1.54, 1.807) is 0 Å². The van der Waals surface area contributed by atoms with Gasteiger partial charge in [0.15, 0.2) is 0 Å². The van der Waals surface area contributed by atoms with Crippen molar-refractivity contribution in [2.45, 2.75) is 58.2 Å². The first-order chi connectivity index (χ1) is 12.7. The van der Waals surface area contributed by atoms with Gasteiger partial charge in [0.25, 0.3) is 0 Å². The van der Waals surface area contributed by atoms with Crippen molar-refractivity contribution in [3.8, 4) is 0 Å². The zero-order chi connectivity index (χ0) is 21.4. The summed E-state index contributed by atoms with van der Waals surface area (Å²) in [7, 11) is 0. The molecule has 1 atom stereocenters. The first-order valence-electron chi connectivity index (χ1n) is 8.75. The molecule has 0 aliphatic rings. The molecule has 0 bridgehead atoms. The molecule has 28 heavy (non-hydrogen) atoms. The Morgan fingerprint density at radius 1 is 0.964 bits per heavy atom. The topological polar surface area (TPSA) is 36.4 Å². The van der Waals surface area contributed by atoms with E-state index < -0.39 is 35.2 Å². The van der Waals surface area contributed by atoms with Gasteiger partial charge in [-0.25, -0.2) is 4.98 Å². The number of hydrogen-bond donors (Lipinski definition) is 1. The molecule has 156 valence electrons. The normalized spacial score (nSPS) is 14.5. The number of aliphatic hydroxyl groups excluding tert-OH is 1. The Hall–Kier alpha value is -1.87. The van der Waals surface area contributed by atoms with Gasteiger partial charge in [-0.1, -0.05) is 12.1 Å². The number of para-hydroxylation sites is 1. The number of nitrogens with zero attached hydrogens (tertiary/aromatic N) is 2. The maximum atomic E-state index is 13.3. The number of fused-ring (bicyclic) bond motifs is 1. The standard InChI is InChI=1S/C19H22F6N2O/c1-10(2)27(11(3)4)9-15(28)13-8-16(19(23,24)25)26-17-12(13)6-5-7-14(17)18(20,21)22/h5-8,10-11,15,28H,9H2,1-4H3. The van der Waals surface area contributed by atoms with Crippen LogP contribution in [0.25, 0.3) is 10.9 Å². The number of halogens is 6. The molecule has 1 heterocycles. The molecule has 1 aromatic heterocycles. The average Bonchev–Trinajstić information content (AvgIpc) is 2.55. The number of hydrogen-bond acceptors (Lipinski definition) is 3. The Morgan fingerprint density at radius 2 is 1.54 bits per heavy atom. The van der Waals surface area contributed by atoms with Crippen LogP contribution in [-0.4, -0.2) is 33.6 Å². The van der Waals surface area contributed by atoms with Gasteiger partial charge in [-0.2, -0.15) is 26.3 Å². The summed E-state index contributed by atoms with van der Waals surface area (Å²) in [5.41, 5.74) is -3.78. The summed E-state index contributed by atoms with van der Waals surface area (Å²) in [6.07, 6.45) is -11.2. The van der Waals surface area contributed by atoms with Crippen molar-refractivity contribution in [2.24, 2.45) is 0 Å². The summed E-state index contributed by atoms with van der Waals surface area (Å²) in [6.45, 7) is 7.42. The van der Waals surface area contributed by atoms with Crippen molar-refractivity contribution in [3.63, 3.8) is 0 Å². The zero-order valence-electron chi connectivity index (χ0n) is 15.9. The van der Waals surface area contributed by atoms with E-state index in [-0.39, 0.29) is 29.6 Å². The quantitative estimate of drug-likeness (QED) is 0.671. The third kappa shape index (κ3) is 4.75. The van der Waals surface area contributed by atoms with Crippen molar-refractivity contribution in [3.05, 3.63) is 41.1 Å². The molecule has 0 fully saturated rings. The molecule has 1 aromatic carbocycles. The Kier molecular flexibility index (Phi) is 6.30. The third-order valence-electron chi connectivity index (χ3n) is 4.54. The maximum Gasteiger partial charge on any atom is 0.433 e. The molecule has 1 unspecified atom stereocenters. The van der Waals surface area contributed by atoms with Crippen LogP contribution in [0.1, 0.15) is 50.6 Å². The van der Waals surface area contributed by atoms with Gasteiger partial charge >= 0.3 is 12.4 Å². The Labute approximate surface area is 159 Å². The van der Waals surface area contributed by atoms with E-state index in [2.05, 4.69) is 4.98 Å². The molecule has 0 radical (unpaired) electrons. The van der Waals surface area contributed by atoms with Crippen LogP contribution >= 0.6 is 0 Å². The van der Waals surface area contributed by atoms with Crippen molar-refractivity contribution < 1.29 is 31.4 Å². The van der Waals surface area contributed by atoms with E-state index in [1.165, 1.54) is 6.07 Å². The minimum atomic E-state index is -4.95. The van der Waals surface area contributed by atoms with E-state index in [4.69, 9.17) is 0 Å². The van der Waals surface area contributed by atoms with Gasteiger partial charge in [0.2, 0.25) is 0 Å². The van der Waals surface area contributed by atoms with E-state index in [0.29, 0.717) is 12.1 Å². The molecule has 0 aliphatic heterocycles. The highest BCUT2D eigenvalue weighted by Gasteiger charge is 2.38. The lowest BCUT2D eigenvalue weighted by molar-refractivity contribution is -0.142. The molecular formula is C19H22F6N2O. The van der Waals surface area contributed by atoms with Crippen LogP contribution in [0.3, 0.4) is 0 Å². The van der Waals surface area contributed by atoms with Crippen LogP contribution in [-0.2, 0) is 12.4 Å². The molecular weight excluding hydrogens is 386 g/mol. The third-order valence-corrected chi connectivity index (χ3v) is 4.54. The second-order valence-corrected chi connectivity index (χ2v) is 7.19. The van der Waals surface area contributed by atoms with E-state index in [0.717, 1.165) is 6.07 Å². The SMILES string of the molecule is CC(C)N(CC(O)c1cc(C(F)(F)F)nc2c(C(F)(F)F)cccc12)C(C)C. The largest absolute Gasteiger partial charge is 0.433 e. The van der Waals surface area contributed by atoms with Crippen LogP contribution in [0.2, 0.25) is 0 Å². The fourth-order valence-corrected chi connectivity index (χ4v) is 3.24. The van der Waals surface area contributed by atoms with E-state index >= 15 is 0 Å². The Morgan fingerprint density at radius 3 is 2.00 bits per heavy atom. The highest BCUT2D eigenvalue weighted by molar-refractivity contribution is 5.86. The average molecular weight is 408 g/mol. The molecule has 3 nitrogen and oxygen atoms in total. The molecule has 0 saturated carbocycles. The van der Waals surface area contributed by atoms with Crippen molar-refractivity contribution >= 4 is 10.9 Å². The second kappa shape index (κ2) is 7.87. The van der Waals surface area contributed by atoms with Gasteiger partial charge in [0.05, 0.1) is 17.2 Å². The molecule has 0 spiro atoms. The zero-order valence-corrected chi connectivity index (χ0v) is 15.9. The Bertz CT molecular complexity index is 822. The van der Waals surface area contributed by atoms with Crippen molar-refractivity contribution in [2.75, 3.05) is 6.54 Å². The lowest BCUT2D eigenvalue weighted by Gasteiger charge is -2.32. The summed E-state index contributed by atoms with van der Waals surface area (Å²) in [6, 6.07) is 3.61. The molecule has 2 rings (SSSR count). The molecule has 0 amide bonds. The van der Waals surface area contributed by atoms with E-state index in [1.807, 2.05) is 32.6 Å². The summed E-state index contributed by atoms with van der Waals surface area (Å²) in [5.74, 6) is 0. The van der Waals surface area contributed by atoms with Gasteiger partial charge in [-0.3, -0.25) is 4.90 Å². The molecule has 0 aliphatic carbocycles. The molecule has 0 saturated heterocycles. The van der Waals surface area contributed by atoms with Crippen LogP contribution < -0.4 is 0 Å². The first kappa shape index (κ1) is 22.4. The smallest absolute Gasteiger partial charge is 0.387 e. The predicted octanol–water partition coefficient (Wildman–Crippen LogP) is 5.42. The van der Waals surface area contributed by atoms with Crippen LogP contribution in [0.4, 0.5) is 26.3 Å². The second-order valence-electron chi connectivity index (χ2n) is 7.19. The van der Waals surface area contributed by atoms with E-state index in [9.17, 15) is 31.4 Å². The number of aromatic nitrogens is 1. The number of alkyl halides is 6. The minimum absolute atomic E-state index is 0.0180. The van der Waals surface area contributed by atoms with Crippen LogP contribution in [0.15, 0.2) is 24.3 Å². The van der Waals surface area contributed by atoms with Gasteiger partial charge in [-0.15, -0.1) is 0 Å². The summed E-state index contributed by atoms with van der Waals surface area (Å²) in [5, 5.41) is 10.5. The number of rotatable bonds is 5. The van der Waals surface area contributed by atoms with Crippen LogP contribution in [0.5, 0.6) is 0 Å². The predicted molar refractivity (Wildman–Crippen MR) is 93.7 cm³/mol. The summed E-state index contributed by atoms with van der Waals surface area (Å²) in [4.78, 5) is 5.08. The highest BCUT2D eigenvalue weighted by atomic mass is 19.4. The highest BCUT2D eigenvalue weighted by Crippen LogP contribution is 2.39. The van der Waals surface area contributed by atoms with Crippen molar-refractivity contribution in [1.29, 1.82) is 0 Å². The van der Waals surface area contributed by atoms with Gasteiger partial charge in [0.1, 0.15) is 5.69 Å².